The fourth-order valence-electron chi connectivity index (χ4n) is 4.29. The van der Waals surface area contributed by atoms with Gasteiger partial charge in [0, 0.05) is 36.7 Å². The zero-order valence-corrected chi connectivity index (χ0v) is 14.3. The van der Waals surface area contributed by atoms with Crippen molar-refractivity contribution in [3.8, 4) is 0 Å². The first-order valence-corrected chi connectivity index (χ1v) is 8.54. The molecule has 5 atom stereocenters. The smallest absolute Gasteiger partial charge is 0.0655 e. The Labute approximate surface area is 125 Å². The summed E-state index contributed by atoms with van der Waals surface area (Å²) in [6, 6.07) is 2.05. The number of nitrogens with zero attached hydrogens (tertiary/aromatic N) is 1. The van der Waals surface area contributed by atoms with E-state index in [9.17, 15) is 0 Å². The van der Waals surface area contributed by atoms with Crippen LogP contribution in [0.5, 0.6) is 0 Å². The number of piperidine rings is 1. The maximum absolute atomic E-state index is 5.90. The topological polar surface area (TPSA) is 24.5 Å². The van der Waals surface area contributed by atoms with Gasteiger partial charge in [0.15, 0.2) is 0 Å². The number of rotatable bonds is 5. The maximum Gasteiger partial charge on any atom is 0.0655 e. The number of ether oxygens (including phenoxy) is 1. The molecule has 1 heterocycles. The van der Waals surface area contributed by atoms with Gasteiger partial charge in [0.1, 0.15) is 0 Å². The van der Waals surface area contributed by atoms with Crippen LogP contribution < -0.4 is 5.32 Å². The van der Waals surface area contributed by atoms with E-state index in [-0.39, 0.29) is 0 Å². The molecule has 1 aliphatic carbocycles. The summed E-state index contributed by atoms with van der Waals surface area (Å²) >= 11 is 0. The third-order valence-corrected chi connectivity index (χ3v) is 5.98. The van der Waals surface area contributed by atoms with E-state index in [0.717, 1.165) is 19.1 Å². The van der Waals surface area contributed by atoms with E-state index >= 15 is 0 Å². The van der Waals surface area contributed by atoms with Gasteiger partial charge in [-0.15, -0.1) is 0 Å². The summed E-state index contributed by atoms with van der Waals surface area (Å²) in [7, 11) is 0. The van der Waals surface area contributed by atoms with Gasteiger partial charge in [-0.05, 0) is 39.2 Å². The van der Waals surface area contributed by atoms with Crippen LogP contribution in [0.4, 0.5) is 0 Å². The number of nitrogens with one attached hydrogen (secondary N) is 1. The van der Waals surface area contributed by atoms with Crippen LogP contribution in [0.3, 0.4) is 0 Å². The Balaban J connectivity index is 1.98. The molecule has 1 saturated heterocycles. The molecule has 1 N–H and O–H groups in total. The Morgan fingerprint density at radius 3 is 2.50 bits per heavy atom. The minimum absolute atomic E-state index is 0.301. The lowest BCUT2D eigenvalue weighted by atomic mass is 9.62. The second kappa shape index (κ2) is 6.33. The number of hydrogen-bond acceptors (Lipinski definition) is 3. The predicted octanol–water partition coefficient (Wildman–Crippen LogP) is 2.90. The summed E-state index contributed by atoms with van der Waals surface area (Å²) in [5, 5.41) is 3.66. The molecule has 0 aromatic carbocycles. The summed E-state index contributed by atoms with van der Waals surface area (Å²) in [5.41, 5.74) is 0.301. The van der Waals surface area contributed by atoms with Gasteiger partial charge in [0.2, 0.25) is 0 Å². The SMILES string of the molecule is CCNC1CCN(C2CC(OCC)C2(C)C)C(C)C1C. The molecular weight excluding hydrogens is 248 g/mol. The fourth-order valence-corrected chi connectivity index (χ4v) is 4.29. The summed E-state index contributed by atoms with van der Waals surface area (Å²) in [6.07, 6.45) is 2.95. The molecule has 118 valence electrons. The van der Waals surface area contributed by atoms with Gasteiger partial charge in [-0.2, -0.15) is 0 Å². The highest BCUT2D eigenvalue weighted by Crippen LogP contribution is 2.47. The van der Waals surface area contributed by atoms with E-state index in [4.69, 9.17) is 4.74 Å². The molecule has 0 bridgehead atoms. The van der Waals surface area contributed by atoms with Crippen molar-refractivity contribution in [2.24, 2.45) is 11.3 Å². The second-order valence-electron chi connectivity index (χ2n) is 7.31. The molecule has 0 aromatic heterocycles. The van der Waals surface area contributed by atoms with Gasteiger partial charge in [-0.1, -0.05) is 27.7 Å². The first kappa shape index (κ1) is 16.3. The van der Waals surface area contributed by atoms with E-state index in [2.05, 4.69) is 51.8 Å². The van der Waals surface area contributed by atoms with E-state index < -0.39 is 0 Å². The van der Waals surface area contributed by atoms with Crippen molar-refractivity contribution in [2.75, 3.05) is 19.7 Å². The first-order valence-electron chi connectivity index (χ1n) is 8.54. The van der Waals surface area contributed by atoms with Crippen molar-refractivity contribution in [2.45, 2.75) is 78.6 Å². The minimum Gasteiger partial charge on any atom is -0.378 e. The van der Waals surface area contributed by atoms with Gasteiger partial charge in [0.05, 0.1) is 6.10 Å². The number of hydrogen-bond donors (Lipinski definition) is 1. The molecular formula is C17H34N2O. The highest BCUT2D eigenvalue weighted by molar-refractivity contribution is 5.06. The quantitative estimate of drug-likeness (QED) is 0.839. The molecule has 1 saturated carbocycles. The molecule has 0 radical (unpaired) electrons. The van der Waals surface area contributed by atoms with Crippen molar-refractivity contribution in [3.05, 3.63) is 0 Å². The van der Waals surface area contributed by atoms with Gasteiger partial charge in [-0.25, -0.2) is 0 Å². The molecule has 0 amide bonds. The Morgan fingerprint density at radius 2 is 1.95 bits per heavy atom. The zero-order chi connectivity index (χ0) is 14.9. The van der Waals surface area contributed by atoms with Crippen LogP contribution in [0.2, 0.25) is 0 Å². The van der Waals surface area contributed by atoms with Crippen LogP contribution in [-0.4, -0.2) is 48.8 Å². The molecule has 3 nitrogen and oxygen atoms in total. The Bertz CT molecular complexity index is 318. The van der Waals surface area contributed by atoms with Crippen molar-refractivity contribution in [3.63, 3.8) is 0 Å². The molecule has 1 aliphatic heterocycles. The van der Waals surface area contributed by atoms with Crippen molar-refractivity contribution >= 4 is 0 Å². The van der Waals surface area contributed by atoms with Crippen LogP contribution in [0.25, 0.3) is 0 Å². The molecule has 20 heavy (non-hydrogen) atoms. The first-order chi connectivity index (χ1) is 9.43. The largest absolute Gasteiger partial charge is 0.378 e. The van der Waals surface area contributed by atoms with Crippen LogP contribution in [0.1, 0.15) is 54.4 Å². The lowest BCUT2D eigenvalue weighted by Gasteiger charge is -2.59. The third-order valence-electron chi connectivity index (χ3n) is 5.98. The Morgan fingerprint density at radius 1 is 1.25 bits per heavy atom. The fraction of sp³-hybridized carbons (Fsp3) is 1.00. The third kappa shape index (κ3) is 2.77. The number of likely N-dealkylation sites (tertiary alicyclic amines) is 1. The summed E-state index contributed by atoms with van der Waals surface area (Å²) in [5.74, 6) is 0.727. The predicted molar refractivity (Wildman–Crippen MR) is 85.0 cm³/mol. The molecule has 2 fully saturated rings. The monoisotopic (exact) mass is 282 g/mol. The summed E-state index contributed by atoms with van der Waals surface area (Å²) in [4.78, 5) is 2.76. The van der Waals surface area contributed by atoms with Crippen molar-refractivity contribution in [1.82, 2.24) is 10.2 Å². The molecule has 2 aliphatic rings. The van der Waals surface area contributed by atoms with E-state index in [1.807, 2.05) is 0 Å². The molecule has 0 aromatic rings. The van der Waals surface area contributed by atoms with E-state index in [0.29, 0.717) is 29.6 Å². The van der Waals surface area contributed by atoms with Gasteiger partial charge in [0.25, 0.3) is 0 Å². The van der Waals surface area contributed by atoms with Gasteiger partial charge < -0.3 is 10.1 Å². The molecule has 2 rings (SSSR count). The highest BCUT2D eigenvalue weighted by Gasteiger charge is 2.53. The van der Waals surface area contributed by atoms with Crippen molar-refractivity contribution in [1.29, 1.82) is 0 Å². The summed E-state index contributed by atoms with van der Waals surface area (Å²) in [6.45, 7) is 17.1. The normalized spacial score (nSPS) is 41.4. The second-order valence-corrected chi connectivity index (χ2v) is 7.31. The minimum atomic E-state index is 0.301. The summed E-state index contributed by atoms with van der Waals surface area (Å²) < 4.78 is 5.90. The average molecular weight is 282 g/mol. The maximum atomic E-state index is 5.90. The Hall–Kier alpha value is -0.120. The average Bonchev–Trinajstić information content (AvgIpc) is 2.41. The zero-order valence-electron chi connectivity index (χ0n) is 14.3. The van der Waals surface area contributed by atoms with Crippen LogP contribution in [-0.2, 0) is 4.74 Å². The highest BCUT2D eigenvalue weighted by atomic mass is 16.5. The van der Waals surface area contributed by atoms with E-state index in [1.54, 1.807) is 0 Å². The van der Waals surface area contributed by atoms with Crippen molar-refractivity contribution < 1.29 is 4.74 Å². The van der Waals surface area contributed by atoms with Gasteiger partial charge >= 0.3 is 0 Å². The van der Waals surface area contributed by atoms with Crippen LogP contribution >= 0.6 is 0 Å². The van der Waals surface area contributed by atoms with E-state index in [1.165, 1.54) is 19.4 Å². The molecule has 0 spiro atoms. The molecule has 5 unspecified atom stereocenters. The standard InChI is InChI=1S/C17H34N2O/c1-7-18-14-9-10-19(13(4)12(14)3)15-11-16(20-8-2)17(15,5)6/h12-16,18H,7-11H2,1-6H3. The van der Waals surface area contributed by atoms with Gasteiger partial charge in [-0.3, -0.25) is 4.90 Å². The lowest BCUT2D eigenvalue weighted by Crippen LogP contribution is -2.67. The lowest BCUT2D eigenvalue weighted by molar-refractivity contribution is -0.166. The van der Waals surface area contributed by atoms with Crippen LogP contribution in [0.15, 0.2) is 0 Å². The Kier molecular flexibility index (Phi) is 5.14. The molecule has 3 heteroatoms. The van der Waals surface area contributed by atoms with Crippen LogP contribution in [0, 0.1) is 11.3 Å².